The van der Waals surface area contributed by atoms with Gasteiger partial charge in [0.05, 0.1) is 29.5 Å². The quantitative estimate of drug-likeness (QED) is 0.246. The molecule has 0 saturated heterocycles. The zero-order valence-electron chi connectivity index (χ0n) is 17.8. The number of carbonyl (C=O) groups excluding carboxylic acids is 2. The Morgan fingerprint density at radius 3 is 2.26 bits per heavy atom. The minimum Gasteiger partial charge on any atom is -0.508 e. The number of aromatic hydroxyl groups is 1. The van der Waals surface area contributed by atoms with Crippen molar-refractivity contribution in [3.63, 3.8) is 0 Å². The maximum Gasteiger partial charge on any atom is 0.273 e. The van der Waals surface area contributed by atoms with E-state index in [0.29, 0.717) is 39.0 Å². The molecule has 168 valence electrons. The Kier molecular flexibility index (Phi) is 4.86. The van der Waals surface area contributed by atoms with Gasteiger partial charge in [0.15, 0.2) is 0 Å². The molecule has 0 aromatic heterocycles. The highest BCUT2D eigenvalue weighted by Gasteiger charge is 2.34. The van der Waals surface area contributed by atoms with E-state index in [4.69, 9.17) is 4.74 Å². The molecule has 2 N–H and O–H groups in total. The molecule has 9 nitrogen and oxygen atoms in total. The number of hydrogen-bond donors (Lipinski definition) is 2. The fourth-order valence-corrected chi connectivity index (χ4v) is 4.08. The molecule has 0 atom stereocenters. The Labute approximate surface area is 193 Å². The molecule has 9 heteroatoms. The highest BCUT2D eigenvalue weighted by molar-refractivity contribution is 6.36. The average Bonchev–Trinajstić information content (AvgIpc) is 2.84. The predicted octanol–water partition coefficient (Wildman–Crippen LogP) is 5.01. The number of imide groups is 1. The van der Waals surface area contributed by atoms with Gasteiger partial charge in [0, 0.05) is 33.7 Å². The smallest absolute Gasteiger partial charge is 0.273 e. The number of nitro benzene ring substituents is 1. The lowest BCUT2D eigenvalue weighted by Gasteiger charge is -2.28. The van der Waals surface area contributed by atoms with Gasteiger partial charge >= 0.3 is 0 Å². The standard InChI is InChI=1S/C25H17N3O6/c1-34-22-13-15(28(32)33)7-11-21(22)26-20-12-10-19-23-17(20)3-2-4-18(23)24(30)27(25(19)31)14-5-8-16(29)9-6-14/h2-13,26,29H,1H3. The molecule has 0 saturated carbocycles. The van der Waals surface area contributed by atoms with E-state index < -0.39 is 16.7 Å². The summed E-state index contributed by atoms with van der Waals surface area (Å²) in [4.78, 5) is 38.3. The Bertz CT molecular complexity index is 1470. The number of phenolic OH excluding ortho intramolecular Hbond substituents is 1. The number of nitrogens with one attached hydrogen (secondary N) is 1. The first kappa shape index (κ1) is 21.0. The van der Waals surface area contributed by atoms with E-state index in [0.717, 1.165) is 4.90 Å². The predicted molar refractivity (Wildman–Crippen MR) is 126 cm³/mol. The number of nitrogens with zero attached hydrogens (tertiary/aromatic N) is 2. The average molecular weight is 455 g/mol. The van der Waals surface area contributed by atoms with Crippen LogP contribution in [0.4, 0.5) is 22.7 Å². The van der Waals surface area contributed by atoms with Crippen LogP contribution in [0.2, 0.25) is 0 Å². The second-order valence-electron chi connectivity index (χ2n) is 7.62. The monoisotopic (exact) mass is 455 g/mol. The number of amides is 2. The summed E-state index contributed by atoms with van der Waals surface area (Å²) in [6.45, 7) is 0. The summed E-state index contributed by atoms with van der Waals surface area (Å²) >= 11 is 0. The normalized spacial score (nSPS) is 12.7. The van der Waals surface area contributed by atoms with Gasteiger partial charge in [-0.25, -0.2) is 4.90 Å². The lowest BCUT2D eigenvalue weighted by molar-refractivity contribution is -0.384. The van der Waals surface area contributed by atoms with Crippen LogP contribution >= 0.6 is 0 Å². The molecular formula is C25H17N3O6. The Hall–Kier alpha value is -4.92. The van der Waals surface area contributed by atoms with Gasteiger partial charge in [-0.1, -0.05) is 12.1 Å². The number of hydrogen-bond acceptors (Lipinski definition) is 7. The molecule has 0 spiro atoms. The summed E-state index contributed by atoms with van der Waals surface area (Å²) in [6.07, 6.45) is 0. The van der Waals surface area contributed by atoms with E-state index >= 15 is 0 Å². The van der Waals surface area contributed by atoms with Crippen LogP contribution in [0.15, 0.2) is 72.8 Å². The number of nitro groups is 1. The molecule has 0 bridgehead atoms. The molecule has 1 aliphatic heterocycles. The van der Waals surface area contributed by atoms with Gasteiger partial charge in [-0.3, -0.25) is 19.7 Å². The molecule has 0 unspecified atom stereocenters. The largest absolute Gasteiger partial charge is 0.508 e. The number of benzene rings is 4. The molecule has 4 aromatic carbocycles. The van der Waals surface area contributed by atoms with Crippen molar-refractivity contribution in [2.75, 3.05) is 17.3 Å². The lowest BCUT2D eigenvalue weighted by Crippen LogP contribution is -2.40. The number of methoxy groups -OCH3 is 1. The molecule has 2 amide bonds. The van der Waals surface area contributed by atoms with Gasteiger partial charge < -0.3 is 15.2 Å². The van der Waals surface area contributed by atoms with Crippen LogP contribution in [0.25, 0.3) is 10.8 Å². The second-order valence-corrected chi connectivity index (χ2v) is 7.62. The van der Waals surface area contributed by atoms with E-state index in [2.05, 4.69) is 5.32 Å². The maximum atomic E-state index is 13.3. The molecule has 5 rings (SSSR count). The summed E-state index contributed by atoms with van der Waals surface area (Å²) in [6, 6.07) is 18.6. The number of non-ortho nitro benzene ring substituents is 1. The topological polar surface area (TPSA) is 122 Å². The first-order valence-electron chi connectivity index (χ1n) is 10.2. The number of carbonyl (C=O) groups is 2. The zero-order chi connectivity index (χ0) is 24.0. The van der Waals surface area contributed by atoms with E-state index in [9.17, 15) is 24.8 Å². The van der Waals surface area contributed by atoms with Crippen molar-refractivity contribution in [3.05, 3.63) is 94.0 Å². The summed E-state index contributed by atoms with van der Waals surface area (Å²) in [7, 11) is 1.41. The Balaban J connectivity index is 1.61. The Morgan fingerprint density at radius 2 is 1.59 bits per heavy atom. The first-order chi connectivity index (χ1) is 16.4. The molecule has 0 fully saturated rings. The van der Waals surface area contributed by atoms with Crippen molar-refractivity contribution in [2.24, 2.45) is 0 Å². The van der Waals surface area contributed by atoms with Crippen molar-refractivity contribution in [1.82, 2.24) is 0 Å². The third-order valence-electron chi connectivity index (χ3n) is 5.68. The summed E-state index contributed by atoms with van der Waals surface area (Å²) < 4.78 is 5.31. The summed E-state index contributed by atoms with van der Waals surface area (Å²) in [5.41, 5.74) is 2.07. The van der Waals surface area contributed by atoms with Gasteiger partial charge in [0.1, 0.15) is 11.5 Å². The second kappa shape index (κ2) is 7.89. The minimum atomic E-state index is -0.508. The fraction of sp³-hybridized carbons (Fsp3) is 0.0400. The molecule has 0 radical (unpaired) electrons. The molecule has 0 aliphatic carbocycles. The van der Waals surface area contributed by atoms with Gasteiger partial charge in [0.25, 0.3) is 17.5 Å². The van der Waals surface area contributed by atoms with Crippen LogP contribution in [0, 0.1) is 10.1 Å². The van der Waals surface area contributed by atoms with Crippen LogP contribution < -0.4 is 15.0 Å². The third-order valence-corrected chi connectivity index (χ3v) is 5.68. The van der Waals surface area contributed by atoms with Gasteiger partial charge in [-0.2, -0.15) is 0 Å². The SMILES string of the molecule is COc1cc([N+](=O)[O-])ccc1Nc1ccc2c3c(cccc13)C(=O)N(c1ccc(O)cc1)C2=O. The number of rotatable bonds is 5. The third kappa shape index (κ3) is 3.27. The van der Waals surface area contributed by atoms with Gasteiger partial charge in [-0.05, 0) is 48.5 Å². The van der Waals surface area contributed by atoms with Crippen molar-refractivity contribution >= 4 is 45.3 Å². The van der Waals surface area contributed by atoms with Gasteiger partial charge in [-0.15, -0.1) is 0 Å². The van der Waals surface area contributed by atoms with E-state index in [1.54, 1.807) is 30.3 Å². The number of anilines is 3. The van der Waals surface area contributed by atoms with E-state index in [-0.39, 0.29) is 17.2 Å². The van der Waals surface area contributed by atoms with Crippen LogP contribution in [0.1, 0.15) is 20.7 Å². The van der Waals surface area contributed by atoms with Crippen molar-refractivity contribution in [1.29, 1.82) is 0 Å². The maximum absolute atomic E-state index is 13.3. The minimum absolute atomic E-state index is 0.0283. The Morgan fingerprint density at radius 1 is 0.912 bits per heavy atom. The molecular weight excluding hydrogens is 438 g/mol. The molecule has 34 heavy (non-hydrogen) atoms. The molecule has 1 aliphatic rings. The highest BCUT2D eigenvalue weighted by Crippen LogP contribution is 2.39. The number of phenols is 1. The van der Waals surface area contributed by atoms with Crippen molar-refractivity contribution in [3.8, 4) is 11.5 Å². The van der Waals surface area contributed by atoms with Crippen molar-refractivity contribution in [2.45, 2.75) is 0 Å². The summed E-state index contributed by atoms with van der Waals surface area (Å²) in [5, 5.41) is 25.0. The molecule has 4 aromatic rings. The van der Waals surface area contributed by atoms with Gasteiger partial charge in [0.2, 0.25) is 0 Å². The van der Waals surface area contributed by atoms with Crippen molar-refractivity contribution < 1.29 is 24.4 Å². The zero-order valence-corrected chi connectivity index (χ0v) is 17.8. The van der Waals surface area contributed by atoms with Crippen LogP contribution in [0.3, 0.4) is 0 Å². The fourth-order valence-electron chi connectivity index (χ4n) is 4.08. The van der Waals surface area contributed by atoms with Crippen LogP contribution in [0.5, 0.6) is 11.5 Å². The van der Waals surface area contributed by atoms with E-state index in [1.165, 1.54) is 49.6 Å². The summed E-state index contributed by atoms with van der Waals surface area (Å²) in [5.74, 6) is -0.640. The first-order valence-corrected chi connectivity index (χ1v) is 10.2. The van der Waals surface area contributed by atoms with Crippen LogP contribution in [-0.2, 0) is 0 Å². The van der Waals surface area contributed by atoms with Crippen LogP contribution in [-0.4, -0.2) is 29.0 Å². The number of ether oxygens (including phenoxy) is 1. The highest BCUT2D eigenvalue weighted by atomic mass is 16.6. The molecule has 1 heterocycles. The van der Waals surface area contributed by atoms with E-state index in [1.807, 2.05) is 0 Å². The lowest BCUT2D eigenvalue weighted by atomic mass is 9.92.